The van der Waals surface area contributed by atoms with E-state index in [1.807, 2.05) is 20.8 Å². The van der Waals surface area contributed by atoms with E-state index in [2.05, 4.69) is 21.9 Å². The largest absolute Gasteiger partial charge is 0.461 e. The fourth-order valence-electron chi connectivity index (χ4n) is 3.49. The molecule has 1 fully saturated rings. The number of aryl methyl sites for hydroxylation is 1. The second-order valence-electron chi connectivity index (χ2n) is 7.45. The summed E-state index contributed by atoms with van der Waals surface area (Å²) < 4.78 is 5.42. The summed E-state index contributed by atoms with van der Waals surface area (Å²) >= 11 is 7.53. The van der Waals surface area contributed by atoms with Crippen molar-refractivity contribution in [3.8, 4) is 0 Å². The molecule has 0 bridgehead atoms. The third-order valence-corrected chi connectivity index (χ3v) is 6.27. The highest BCUT2D eigenvalue weighted by molar-refractivity contribution is 7.20. The SMILES string of the molecule is Cc1c(C(=O)OCC(C)C)sc2nc(Cl)nc(N(C)C3CCCCC3)c12. The van der Waals surface area contributed by atoms with Gasteiger partial charge in [0.25, 0.3) is 0 Å². The van der Waals surface area contributed by atoms with Crippen LogP contribution in [0.25, 0.3) is 10.2 Å². The minimum Gasteiger partial charge on any atom is -0.461 e. The monoisotopic (exact) mass is 395 g/mol. The fraction of sp³-hybridized carbons (Fsp3) is 0.632. The van der Waals surface area contributed by atoms with E-state index in [4.69, 9.17) is 16.3 Å². The summed E-state index contributed by atoms with van der Waals surface area (Å²) in [6.07, 6.45) is 6.10. The van der Waals surface area contributed by atoms with Crippen molar-refractivity contribution in [3.63, 3.8) is 0 Å². The number of hydrogen-bond donors (Lipinski definition) is 0. The normalized spacial score (nSPS) is 15.6. The molecule has 7 heteroatoms. The maximum absolute atomic E-state index is 12.5. The number of esters is 1. The molecule has 3 rings (SSSR count). The summed E-state index contributed by atoms with van der Waals surface area (Å²) in [4.78, 5) is 24.9. The first-order chi connectivity index (χ1) is 12.4. The Kier molecular flexibility index (Phi) is 6.03. The number of fused-ring (bicyclic) bond motifs is 1. The van der Waals surface area contributed by atoms with Crippen molar-refractivity contribution in [3.05, 3.63) is 15.7 Å². The second-order valence-corrected chi connectivity index (χ2v) is 8.78. The number of anilines is 1. The van der Waals surface area contributed by atoms with Gasteiger partial charge in [-0.15, -0.1) is 11.3 Å². The Morgan fingerprint density at radius 3 is 2.65 bits per heavy atom. The highest BCUT2D eigenvalue weighted by Gasteiger charge is 2.26. The second kappa shape index (κ2) is 8.09. The predicted molar refractivity (Wildman–Crippen MR) is 108 cm³/mol. The van der Waals surface area contributed by atoms with Crippen LogP contribution in [0, 0.1) is 12.8 Å². The number of rotatable bonds is 5. The van der Waals surface area contributed by atoms with Gasteiger partial charge in [-0.1, -0.05) is 33.1 Å². The molecule has 2 aromatic rings. The quantitative estimate of drug-likeness (QED) is 0.512. The number of carbonyl (C=O) groups is 1. The number of halogens is 1. The van der Waals surface area contributed by atoms with Crippen LogP contribution in [0.5, 0.6) is 0 Å². The molecule has 0 aliphatic heterocycles. The van der Waals surface area contributed by atoms with E-state index in [9.17, 15) is 4.79 Å². The smallest absolute Gasteiger partial charge is 0.348 e. The summed E-state index contributed by atoms with van der Waals surface area (Å²) in [5.41, 5.74) is 0.882. The van der Waals surface area contributed by atoms with E-state index in [0.29, 0.717) is 23.4 Å². The van der Waals surface area contributed by atoms with Crippen molar-refractivity contribution >= 4 is 44.9 Å². The standard InChI is InChI=1S/C19H26ClN3O2S/c1-11(2)10-25-18(24)15-12(3)14-16(21-19(20)22-17(14)26-15)23(4)13-8-6-5-7-9-13/h11,13H,5-10H2,1-4H3. The van der Waals surface area contributed by atoms with E-state index in [1.54, 1.807) is 0 Å². The van der Waals surface area contributed by atoms with Gasteiger partial charge in [-0.25, -0.2) is 9.78 Å². The van der Waals surface area contributed by atoms with Crippen LogP contribution < -0.4 is 4.90 Å². The summed E-state index contributed by atoms with van der Waals surface area (Å²) in [5.74, 6) is 0.834. The van der Waals surface area contributed by atoms with Crippen molar-refractivity contribution in [1.82, 2.24) is 9.97 Å². The molecular formula is C19H26ClN3O2S. The van der Waals surface area contributed by atoms with Gasteiger partial charge in [-0.3, -0.25) is 0 Å². The molecule has 0 radical (unpaired) electrons. The van der Waals surface area contributed by atoms with Crippen LogP contribution in [0.4, 0.5) is 5.82 Å². The van der Waals surface area contributed by atoms with Crippen molar-refractivity contribution in [2.75, 3.05) is 18.6 Å². The Labute approximate surface area is 163 Å². The molecule has 142 valence electrons. The van der Waals surface area contributed by atoms with E-state index in [-0.39, 0.29) is 11.3 Å². The van der Waals surface area contributed by atoms with Gasteiger partial charge >= 0.3 is 5.97 Å². The summed E-state index contributed by atoms with van der Waals surface area (Å²) in [7, 11) is 2.07. The third-order valence-electron chi connectivity index (χ3n) is 4.93. The topological polar surface area (TPSA) is 55.3 Å². The van der Waals surface area contributed by atoms with Crippen molar-refractivity contribution < 1.29 is 9.53 Å². The fourth-order valence-corrected chi connectivity index (χ4v) is 4.78. The molecule has 0 amide bonds. The van der Waals surface area contributed by atoms with Gasteiger partial charge in [0.2, 0.25) is 5.28 Å². The summed E-state index contributed by atoms with van der Waals surface area (Å²) in [6.45, 7) is 6.40. The number of nitrogens with zero attached hydrogens (tertiary/aromatic N) is 3. The van der Waals surface area contributed by atoms with E-state index in [1.165, 1.54) is 30.6 Å². The lowest BCUT2D eigenvalue weighted by Gasteiger charge is -2.32. The number of thiophene rings is 1. The first-order valence-electron chi connectivity index (χ1n) is 9.25. The lowest BCUT2D eigenvalue weighted by atomic mass is 9.94. The van der Waals surface area contributed by atoms with Crippen LogP contribution in [-0.2, 0) is 4.74 Å². The van der Waals surface area contributed by atoms with Crippen LogP contribution in [0.2, 0.25) is 5.28 Å². The third kappa shape index (κ3) is 3.96. The zero-order valence-corrected chi connectivity index (χ0v) is 17.4. The van der Waals surface area contributed by atoms with Crippen molar-refractivity contribution in [2.45, 2.75) is 58.9 Å². The first-order valence-corrected chi connectivity index (χ1v) is 10.4. The number of aromatic nitrogens is 2. The van der Waals surface area contributed by atoms with Gasteiger partial charge in [-0.05, 0) is 42.8 Å². The highest BCUT2D eigenvalue weighted by Crippen LogP contribution is 2.38. The molecule has 5 nitrogen and oxygen atoms in total. The summed E-state index contributed by atoms with van der Waals surface area (Å²) in [6, 6.07) is 0.452. The maximum Gasteiger partial charge on any atom is 0.348 e. The number of carbonyl (C=O) groups excluding carboxylic acids is 1. The predicted octanol–water partition coefficient (Wildman–Crippen LogP) is 5.23. The first kappa shape index (κ1) is 19.4. The van der Waals surface area contributed by atoms with E-state index < -0.39 is 0 Å². The van der Waals surface area contributed by atoms with Crippen LogP contribution in [-0.4, -0.2) is 35.6 Å². The molecular weight excluding hydrogens is 370 g/mol. The van der Waals surface area contributed by atoms with Crippen molar-refractivity contribution in [2.24, 2.45) is 5.92 Å². The Morgan fingerprint density at radius 2 is 2.00 bits per heavy atom. The average molecular weight is 396 g/mol. The average Bonchev–Trinajstić information content (AvgIpc) is 2.95. The molecule has 0 spiro atoms. The Hall–Kier alpha value is -1.40. The van der Waals surface area contributed by atoms with Gasteiger partial charge < -0.3 is 9.64 Å². The Balaban J connectivity index is 1.99. The zero-order valence-electron chi connectivity index (χ0n) is 15.8. The van der Waals surface area contributed by atoms with E-state index >= 15 is 0 Å². The van der Waals surface area contributed by atoms with Gasteiger partial charge in [0.15, 0.2) is 0 Å². The molecule has 2 heterocycles. The molecule has 1 saturated carbocycles. The lowest BCUT2D eigenvalue weighted by molar-refractivity contribution is 0.0464. The number of ether oxygens (including phenoxy) is 1. The molecule has 0 aromatic carbocycles. The lowest BCUT2D eigenvalue weighted by Crippen LogP contribution is -2.34. The molecule has 0 atom stereocenters. The highest BCUT2D eigenvalue weighted by atomic mass is 35.5. The molecule has 0 N–H and O–H groups in total. The summed E-state index contributed by atoms with van der Waals surface area (Å²) in [5, 5.41) is 1.14. The molecule has 2 aromatic heterocycles. The minimum absolute atomic E-state index is 0.221. The molecule has 0 unspecified atom stereocenters. The van der Waals surface area contributed by atoms with Crippen LogP contribution in [0.15, 0.2) is 0 Å². The molecule has 1 aliphatic carbocycles. The van der Waals surface area contributed by atoms with Gasteiger partial charge in [-0.2, -0.15) is 4.98 Å². The molecule has 0 saturated heterocycles. The maximum atomic E-state index is 12.5. The zero-order chi connectivity index (χ0) is 18.8. The van der Waals surface area contributed by atoms with Gasteiger partial charge in [0.05, 0.1) is 12.0 Å². The Morgan fingerprint density at radius 1 is 1.31 bits per heavy atom. The van der Waals surface area contributed by atoms with E-state index in [0.717, 1.165) is 34.4 Å². The van der Waals surface area contributed by atoms with Crippen LogP contribution >= 0.6 is 22.9 Å². The van der Waals surface area contributed by atoms with Crippen LogP contribution in [0.1, 0.15) is 61.2 Å². The minimum atomic E-state index is -0.290. The molecule has 26 heavy (non-hydrogen) atoms. The van der Waals surface area contributed by atoms with Gasteiger partial charge in [0, 0.05) is 13.1 Å². The van der Waals surface area contributed by atoms with Crippen molar-refractivity contribution in [1.29, 1.82) is 0 Å². The van der Waals surface area contributed by atoms with Gasteiger partial charge in [0.1, 0.15) is 15.5 Å². The van der Waals surface area contributed by atoms with Crippen LogP contribution in [0.3, 0.4) is 0 Å². The number of hydrogen-bond acceptors (Lipinski definition) is 6. The molecule has 1 aliphatic rings. The Bertz CT molecular complexity index is 800.